The number of hydrogen-bond acceptors (Lipinski definition) is 2. The molecule has 0 saturated carbocycles. The van der Waals surface area contributed by atoms with Gasteiger partial charge in [0.2, 0.25) is 0 Å². The topological polar surface area (TPSA) is 20.3 Å². The Morgan fingerprint density at radius 1 is 0.821 bits per heavy atom. The van der Waals surface area contributed by atoms with E-state index in [0.29, 0.717) is 0 Å². The van der Waals surface area contributed by atoms with Crippen molar-refractivity contribution in [3.8, 4) is 0 Å². The second-order valence-corrected chi connectivity index (χ2v) is 7.23. The maximum atomic E-state index is 13.0. The van der Waals surface area contributed by atoms with Crippen molar-refractivity contribution in [3.05, 3.63) is 119 Å². The number of rotatable bonds is 4. The van der Waals surface area contributed by atoms with Crippen molar-refractivity contribution in [1.82, 2.24) is 0 Å². The van der Waals surface area contributed by atoms with Crippen LogP contribution in [0.3, 0.4) is 0 Å². The van der Waals surface area contributed by atoms with Crippen LogP contribution in [0.5, 0.6) is 0 Å². The SMILES string of the molecule is CN(C)c1ccc(C=CC=C2C(=O)c3ccccc3C2c2ccccc2)cc1. The van der Waals surface area contributed by atoms with Gasteiger partial charge in [-0.2, -0.15) is 0 Å². The highest BCUT2D eigenvalue weighted by Crippen LogP contribution is 2.41. The van der Waals surface area contributed by atoms with Crippen LogP contribution in [0.15, 0.2) is 96.6 Å². The number of benzene rings is 3. The molecule has 2 heteroatoms. The lowest BCUT2D eigenvalue weighted by molar-refractivity contribution is 0.103. The molecule has 1 aliphatic rings. The van der Waals surface area contributed by atoms with Crippen molar-refractivity contribution in [3.63, 3.8) is 0 Å². The standard InChI is InChI=1S/C26H23NO/c1-27(2)21-17-15-19(16-18-21)9-8-14-24-25(20-10-4-3-5-11-20)22-12-6-7-13-23(22)26(24)28/h3-18,25H,1-2H3. The minimum atomic E-state index is -0.00864. The molecular weight excluding hydrogens is 342 g/mol. The fourth-order valence-corrected chi connectivity index (χ4v) is 3.73. The third-order valence-corrected chi connectivity index (χ3v) is 5.20. The number of anilines is 1. The summed E-state index contributed by atoms with van der Waals surface area (Å²) in [5.74, 6) is 0.114. The van der Waals surface area contributed by atoms with Gasteiger partial charge in [-0.25, -0.2) is 0 Å². The van der Waals surface area contributed by atoms with E-state index in [1.54, 1.807) is 0 Å². The maximum absolute atomic E-state index is 13.0. The first kappa shape index (κ1) is 18.0. The molecule has 1 atom stereocenters. The number of nitrogens with zero attached hydrogens (tertiary/aromatic N) is 1. The number of ketones is 1. The average Bonchev–Trinajstić information content (AvgIpc) is 3.01. The molecular formula is C26H23NO. The van der Waals surface area contributed by atoms with Crippen LogP contribution in [0.1, 0.15) is 33.0 Å². The molecule has 0 aromatic heterocycles. The number of Topliss-reactive ketones (excluding diaryl/α,β-unsaturated/α-hetero) is 1. The molecule has 1 unspecified atom stereocenters. The first-order chi connectivity index (χ1) is 13.6. The summed E-state index contributed by atoms with van der Waals surface area (Å²) in [6.45, 7) is 0. The summed E-state index contributed by atoms with van der Waals surface area (Å²) in [6, 6.07) is 26.5. The van der Waals surface area contributed by atoms with Crippen LogP contribution in [0.2, 0.25) is 0 Å². The van der Waals surface area contributed by atoms with Crippen LogP contribution in [0.25, 0.3) is 6.08 Å². The van der Waals surface area contributed by atoms with Crippen LogP contribution in [0, 0.1) is 0 Å². The van der Waals surface area contributed by atoms with E-state index in [1.165, 1.54) is 5.69 Å². The number of carbonyl (C=O) groups is 1. The van der Waals surface area contributed by atoms with Crippen molar-refractivity contribution >= 4 is 17.5 Å². The summed E-state index contributed by atoms with van der Waals surface area (Å²) in [5.41, 5.74) is 6.16. The lowest BCUT2D eigenvalue weighted by Gasteiger charge is -2.13. The molecule has 0 spiro atoms. The Kier molecular flexibility index (Phi) is 4.94. The second kappa shape index (κ2) is 7.69. The lowest BCUT2D eigenvalue weighted by Crippen LogP contribution is -2.07. The quantitative estimate of drug-likeness (QED) is 0.551. The number of carbonyl (C=O) groups excluding carboxylic acids is 1. The van der Waals surface area contributed by atoms with Gasteiger partial charge in [-0.15, -0.1) is 0 Å². The zero-order chi connectivity index (χ0) is 19.5. The summed E-state index contributed by atoms with van der Waals surface area (Å²) in [6.07, 6.45) is 6.00. The second-order valence-electron chi connectivity index (χ2n) is 7.23. The fourth-order valence-electron chi connectivity index (χ4n) is 3.73. The highest BCUT2D eigenvalue weighted by molar-refractivity contribution is 6.15. The van der Waals surface area contributed by atoms with Crippen molar-refractivity contribution in [2.75, 3.05) is 19.0 Å². The minimum absolute atomic E-state index is 0.00864. The molecule has 0 amide bonds. The van der Waals surface area contributed by atoms with Gasteiger partial charge in [0.15, 0.2) is 5.78 Å². The Bertz CT molecular complexity index is 1040. The van der Waals surface area contributed by atoms with Crippen LogP contribution >= 0.6 is 0 Å². The highest BCUT2D eigenvalue weighted by Gasteiger charge is 2.34. The van der Waals surface area contributed by atoms with Gasteiger partial charge in [-0.1, -0.05) is 85.0 Å². The number of hydrogen-bond donors (Lipinski definition) is 0. The Labute approximate surface area is 166 Å². The molecule has 0 bridgehead atoms. The molecule has 3 aromatic rings. The number of fused-ring (bicyclic) bond motifs is 1. The average molecular weight is 365 g/mol. The van der Waals surface area contributed by atoms with Gasteiger partial charge in [0, 0.05) is 36.8 Å². The van der Waals surface area contributed by atoms with Crippen molar-refractivity contribution in [2.24, 2.45) is 0 Å². The number of allylic oxidation sites excluding steroid dienone is 3. The highest BCUT2D eigenvalue weighted by atomic mass is 16.1. The smallest absolute Gasteiger partial charge is 0.190 e. The van der Waals surface area contributed by atoms with E-state index in [4.69, 9.17) is 0 Å². The summed E-state index contributed by atoms with van der Waals surface area (Å²) in [5, 5.41) is 0. The molecule has 4 rings (SSSR count). The van der Waals surface area contributed by atoms with Gasteiger partial charge >= 0.3 is 0 Å². The van der Waals surface area contributed by atoms with E-state index in [9.17, 15) is 4.79 Å². The summed E-state index contributed by atoms with van der Waals surface area (Å²) in [7, 11) is 4.06. The van der Waals surface area contributed by atoms with Gasteiger partial charge in [0.05, 0.1) is 0 Å². The van der Waals surface area contributed by atoms with Crippen molar-refractivity contribution in [2.45, 2.75) is 5.92 Å². The first-order valence-electron chi connectivity index (χ1n) is 9.49. The van der Waals surface area contributed by atoms with Gasteiger partial charge in [-0.05, 0) is 28.8 Å². The molecule has 2 nitrogen and oxygen atoms in total. The Balaban J connectivity index is 1.68. The van der Waals surface area contributed by atoms with Crippen LogP contribution < -0.4 is 4.90 Å². The predicted octanol–water partition coefficient (Wildman–Crippen LogP) is 5.72. The molecule has 28 heavy (non-hydrogen) atoms. The lowest BCUT2D eigenvalue weighted by atomic mass is 9.89. The van der Waals surface area contributed by atoms with Crippen molar-refractivity contribution < 1.29 is 4.79 Å². The summed E-state index contributed by atoms with van der Waals surface area (Å²) in [4.78, 5) is 15.1. The molecule has 0 fully saturated rings. The van der Waals surface area contributed by atoms with E-state index in [0.717, 1.165) is 27.8 Å². The van der Waals surface area contributed by atoms with E-state index in [2.05, 4.69) is 47.4 Å². The zero-order valence-corrected chi connectivity index (χ0v) is 16.2. The molecule has 3 aromatic carbocycles. The van der Waals surface area contributed by atoms with Crippen LogP contribution in [0.4, 0.5) is 5.69 Å². The van der Waals surface area contributed by atoms with Crippen LogP contribution in [-0.2, 0) is 0 Å². The van der Waals surface area contributed by atoms with Crippen molar-refractivity contribution in [1.29, 1.82) is 0 Å². The Hall–Kier alpha value is -3.39. The molecule has 0 N–H and O–H groups in total. The fraction of sp³-hybridized carbons (Fsp3) is 0.115. The van der Waals surface area contributed by atoms with E-state index in [1.807, 2.05) is 68.7 Å². The third kappa shape index (κ3) is 3.41. The molecule has 0 heterocycles. The molecule has 0 aliphatic heterocycles. The monoisotopic (exact) mass is 365 g/mol. The minimum Gasteiger partial charge on any atom is -0.378 e. The van der Waals surface area contributed by atoms with Crippen LogP contribution in [-0.4, -0.2) is 19.9 Å². The first-order valence-corrected chi connectivity index (χ1v) is 9.49. The third-order valence-electron chi connectivity index (χ3n) is 5.20. The largest absolute Gasteiger partial charge is 0.378 e. The van der Waals surface area contributed by atoms with Gasteiger partial charge in [0.25, 0.3) is 0 Å². The van der Waals surface area contributed by atoms with E-state index >= 15 is 0 Å². The predicted molar refractivity (Wildman–Crippen MR) is 117 cm³/mol. The Morgan fingerprint density at radius 3 is 2.21 bits per heavy atom. The molecule has 138 valence electrons. The zero-order valence-electron chi connectivity index (χ0n) is 16.2. The molecule has 0 radical (unpaired) electrons. The molecule has 0 saturated heterocycles. The van der Waals surface area contributed by atoms with E-state index < -0.39 is 0 Å². The summed E-state index contributed by atoms with van der Waals surface area (Å²) < 4.78 is 0. The van der Waals surface area contributed by atoms with Gasteiger partial charge in [-0.3, -0.25) is 4.79 Å². The maximum Gasteiger partial charge on any atom is 0.190 e. The normalized spacial score (nSPS) is 17.3. The van der Waals surface area contributed by atoms with Gasteiger partial charge in [0.1, 0.15) is 0 Å². The summed E-state index contributed by atoms with van der Waals surface area (Å²) >= 11 is 0. The van der Waals surface area contributed by atoms with Gasteiger partial charge < -0.3 is 4.90 Å². The van der Waals surface area contributed by atoms with E-state index in [-0.39, 0.29) is 11.7 Å². The molecule has 1 aliphatic carbocycles. The Morgan fingerprint density at radius 2 is 1.50 bits per heavy atom.